The number of methoxy groups -OCH3 is 1. The molecule has 3 N–H and O–H groups in total. The molecule has 0 fully saturated rings. The van der Waals surface area contributed by atoms with Gasteiger partial charge in [-0.05, 0) is 62.6 Å². The van der Waals surface area contributed by atoms with E-state index in [0.717, 1.165) is 17.5 Å². The monoisotopic (exact) mass is 430 g/mol. The normalized spacial score (nSPS) is 11.6. The van der Waals surface area contributed by atoms with Crippen LogP contribution in [0.5, 0.6) is 5.75 Å². The maximum Gasteiger partial charge on any atom is 0.412 e. The molecular weight excluding hydrogens is 399 g/mol. The summed E-state index contributed by atoms with van der Waals surface area (Å²) >= 11 is 0. The lowest BCUT2D eigenvalue weighted by atomic mass is 10.1. The highest BCUT2D eigenvalue weighted by molar-refractivity contribution is 5.84. The van der Waals surface area contributed by atoms with Gasteiger partial charge in [0, 0.05) is 25.8 Å². The number of anilines is 1. The van der Waals surface area contributed by atoms with Crippen LogP contribution in [-0.2, 0) is 17.7 Å². The third kappa shape index (κ3) is 8.54. The number of amides is 1. The molecule has 0 spiro atoms. The molecular formula is C23H31FN4O3. The van der Waals surface area contributed by atoms with Crippen LogP contribution in [0.15, 0.2) is 47.5 Å². The first kappa shape index (κ1) is 24.0. The van der Waals surface area contributed by atoms with Gasteiger partial charge in [0.05, 0.1) is 7.11 Å². The Hall–Kier alpha value is -3.29. The van der Waals surface area contributed by atoms with Gasteiger partial charge >= 0.3 is 6.09 Å². The molecule has 0 bridgehead atoms. The van der Waals surface area contributed by atoms with Crippen molar-refractivity contribution in [2.45, 2.75) is 39.3 Å². The SMILES string of the molecule is CN=C(NCCc1ccc(NC(=O)OC(C)(C)C)cc1)NCc1ccc(OC)c(F)c1. The number of benzene rings is 2. The van der Waals surface area contributed by atoms with E-state index in [4.69, 9.17) is 9.47 Å². The molecule has 0 radical (unpaired) electrons. The Labute approximate surface area is 183 Å². The van der Waals surface area contributed by atoms with Crippen LogP contribution in [0, 0.1) is 5.82 Å². The number of hydrogen-bond acceptors (Lipinski definition) is 4. The fourth-order valence-electron chi connectivity index (χ4n) is 2.73. The number of carbonyl (C=O) groups excluding carboxylic acids is 1. The maximum atomic E-state index is 13.8. The number of ether oxygens (including phenoxy) is 2. The van der Waals surface area contributed by atoms with E-state index in [1.807, 2.05) is 45.0 Å². The summed E-state index contributed by atoms with van der Waals surface area (Å²) in [7, 11) is 3.12. The molecule has 0 heterocycles. The van der Waals surface area contributed by atoms with Crippen LogP contribution in [0.1, 0.15) is 31.9 Å². The standard InChI is InChI=1S/C23H31FN4O3/c1-23(2,3)31-22(29)28-18-9-6-16(7-10-18)12-13-26-21(25-4)27-15-17-8-11-20(30-5)19(24)14-17/h6-11,14H,12-13,15H2,1-5H3,(H,28,29)(H2,25,26,27). The topological polar surface area (TPSA) is 84.0 Å². The average molecular weight is 431 g/mol. The molecule has 0 atom stereocenters. The Balaban J connectivity index is 1.77. The smallest absolute Gasteiger partial charge is 0.412 e. The van der Waals surface area contributed by atoms with Crippen molar-refractivity contribution in [3.63, 3.8) is 0 Å². The van der Waals surface area contributed by atoms with Gasteiger partial charge in [-0.25, -0.2) is 9.18 Å². The van der Waals surface area contributed by atoms with Crippen LogP contribution in [0.25, 0.3) is 0 Å². The van der Waals surface area contributed by atoms with Crippen molar-refractivity contribution in [1.29, 1.82) is 0 Å². The van der Waals surface area contributed by atoms with Gasteiger partial charge in [0.25, 0.3) is 0 Å². The van der Waals surface area contributed by atoms with E-state index in [1.165, 1.54) is 13.2 Å². The second-order valence-electron chi connectivity index (χ2n) is 7.90. The first-order valence-electron chi connectivity index (χ1n) is 10.1. The van der Waals surface area contributed by atoms with Gasteiger partial charge in [-0.3, -0.25) is 10.3 Å². The Morgan fingerprint density at radius 2 is 1.74 bits per heavy atom. The Kier molecular flexibility index (Phi) is 8.66. The van der Waals surface area contributed by atoms with Gasteiger partial charge in [-0.1, -0.05) is 18.2 Å². The second kappa shape index (κ2) is 11.2. The summed E-state index contributed by atoms with van der Waals surface area (Å²) in [4.78, 5) is 16.0. The maximum absolute atomic E-state index is 13.8. The molecule has 0 aliphatic carbocycles. The van der Waals surface area contributed by atoms with Gasteiger partial charge in [0.1, 0.15) is 5.60 Å². The van der Waals surface area contributed by atoms with E-state index in [2.05, 4.69) is 20.9 Å². The van der Waals surface area contributed by atoms with Gasteiger partial charge in [0.2, 0.25) is 0 Å². The predicted molar refractivity (Wildman–Crippen MR) is 121 cm³/mol. The van der Waals surface area contributed by atoms with E-state index >= 15 is 0 Å². The summed E-state index contributed by atoms with van der Waals surface area (Å²) in [5.41, 5.74) is 2.03. The Bertz CT molecular complexity index is 893. The van der Waals surface area contributed by atoms with Crippen LogP contribution >= 0.6 is 0 Å². The number of nitrogens with zero attached hydrogens (tertiary/aromatic N) is 1. The van der Waals surface area contributed by atoms with Gasteiger partial charge in [-0.2, -0.15) is 0 Å². The van der Waals surface area contributed by atoms with Crippen molar-refractivity contribution < 1.29 is 18.7 Å². The third-order valence-corrected chi connectivity index (χ3v) is 4.21. The molecule has 2 aromatic carbocycles. The van der Waals surface area contributed by atoms with E-state index in [1.54, 1.807) is 19.2 Å². The van der Waals surface area contributed by atoms with Crippen LogP contribution in [0.2, 0.25) is 0 Å². The van der Waals surface area contributed by atoms with Crippen molar-refractivity contribution in [2.24, 2.45) is 4.99 Å². The molecule has 31 heavy (non-hydrogen) atoms. The summed E-state index contributed by atoms with van der Waals surface area (Å²) in [5, 5.41) is 9.10. The molecule has 8 heteroatoms. The van der Waals surface area contributed by atoms with Gasteiger partial charge < -0.3 is 20.1 Å². The quantitative estimate of drug-likeness (QED) is 0.455. The minimum Gasteiger partial charge on any atom is -0.494 e. The molecule has 7 nitrogen and oxygen atoms in total. The molecule has 168 valence electrons. The van der Waals surface area contributed by atoms with E-state index in [-0.39, 0.29) is 5.75 Å². The second-order valence-corrected chi connectivity index (χ2v) is 7.90. The molecule has 0 aromatic heterocycles. The number of aliphatic imine (C=N–C) groups is 1. The summed E-state index contributed by atoms with van der Waals surface area (Å²) in [5.74, 6) is 0.451. The highest BCUT2D eigenvalue weighted by Gasteiger charge is 2.16. The summed E-state index contributed by atoms with van der Waals surface area (Å²) < 4.78 is 24.0. The predicted octanol–water partition coefficient (Wildman–Crippen LogP) is 4.09. The molecule has 1 amide bonds. The molecule has 0 aliphatic heterocycles. The summed E-state index contributed by atoms with van der Waals surface area (Å²) in [6, 6.07) is 12.4. The third-order valence-electron chi connectivity index (χ3n) is 4.21. The van der Waals surface area contributed by atoms with Crippen LogP contribution in [0.4, 0.5) is 14.9 Å². The first-order valence-corrected chi connectivity index (χ1v) is 10.1. The van der Waals surface area contributed by atoms with Crippen molar-refractivity contribution in [2.75, 3.05) is 26.0 Å². The first-order chi connectivity index (χ1) is 14.7. The van der Waals surface area contributed by atoms with Crippen LogP contribution in [-0.4, -0.2) is 38.4 Å². The lowest BCUT2D eigenvalue weighted by molar-refractivity contribution is 0.0636. The largest absolute Gasteiger partial charge is 0.494 e. The van der Waals surface area contributed by atoms with Crippen molar-refractivity contribution in [3.8, 4) is 5.75 Å². The zero-order valence-electron chi connectivity index (χ0n) is 18.7. The lowest BCUT2D eigenvalue weighted by Gasteiger charge is -2.19. The Morgan fingerprint density at radius 1 is 1.06 bits per heavy atom. The number of rotatable bonds is 7. The molecule has 2 aromatic rings. The van der Waals surface area contributed by atoms with E-state index in [0.29, 0.717) is 24.7 Å². The number of carbonyl (C=O) groups is 1. The van der Waals surface area contributed by atoms with Crippen LogP contribution < -0.4 is 20.7 Å². The highest BCUT2D eigenvalue weighted by Crippen LogP contribution is 2.17. The number of guanidine groups is 1. The fraction of sp³-hybridized carbons (Fsp3) is 0.391. The molecule has 0 saturated carbocycles. The highest BCUT2D eigenvalue weighted by atomic mass is 19.1. The zero-order valence-corrected chi connectivity index (χ0v) is 18.7. The fourth-order valence-corrected chi connectivity index (χ4v) is 2.73. The molecule has 2 rings (SSSR count). The summed E-state index contributed by atoms with van der Waals surface area (Å²) in [6.45, 7) is 6.56. The minimum atomic E-state index is -0.538. The van der Waals surface area contributed by atoms with E-state index in [9.17, 15) is 9.18 Å². The average Bonchev–Trinajstić information content (AvgIpc) is 2.70. The van der Waals surface area contributed by atoms with E-state index < -0.39 is 17.5 Å². The zero-order chi connectivity index (χ0) is 22.9. The molecule has 0 unspecified atom stereocenters. The van der Waals surface area contributed by atoms with Gasteiger partial charge in [-0.15, -0.1) is 0 Å². The van der Waals surface area contributed by atoms with Crippen molar-refractivity contribution in [3.05, 3.63) is 59.4 Å². The van der Waals surface area contributed by atoms with Crippen molar-refractivity contribution in [1.82, 2.24) is 10.6 Å². The number of nitrogens with one attached hydrogen (secondary N) is 3. The number of halogens is 1. The molecule has 0 saturated heterocycles. The minimum absolute atomic E-state index is 0.221. The lowest BCUT2D eigenvalue weighted by Crippen LogP contribution is -2.37. The van der Waals surface area contributed by atoms with Gasteiger partial charge in [0.15, 0.2) is 17.5 Å². The molecule has 0 aliphatic rings. The number of hydrogen-bond donors (Lipinski definition) is 3. The van der Waals surface area contributed by atoms with Crippen LogP contribution in [0.3, 0.4) is 0 Å². The van der Waals surface area contributed by atoms with Crippen molar-refractivity contribution >= 4 is 17.7 Å². The Morgan fingerprint density at radius 3 is 2.32 bits per heavy atom. The summed E-state index contributed by atoms with van der Waals surface area (Å²) in [6.07, 6.45) is 0.290.